The molecule has 1 heterocycles. The molecule has 0 saturated carbocycles. The van der Waals surface area contributed by atoms with Crippen LogP contribution in [0.25, 0.3) is 0 Å². The van der Waals surface area contributed by atoms with E-state index in [2.05, 4.69) is 5.32 Å². The third kappa shape index (κ3) is 5.33. The van der Waals surface area contributed by atoms with Crippen molar-refractivity contribution in [1.82, 2.24) is 9.62 Å². The van der Waals surface area contributed by atoms with E-state index in [0.717, 1.165) is 23.4 Å². The third-order valence-corrected chi connectivity index (χ3v) is 6.79. The maximum atomic E-state index is 13.1. The summed E-state index contributed by atoms with van der Waals surface area (Å²) in [7, 11) is -3.75. The van der Waals surface area contributed by atoms with E-state index < -0.39 is 21.8 Å². The van der Waals surface area contributed by atoms with Crippen LogP contribution in [0.1, 0.15) is 25.3 Å². The van der Waals surface area contributed by atoms with Gasteiger partial charge in [0.1, 0.15) is 11.6 Å². The molecule has 2 aromatic rings. The second-order valence-electron chi connectivity index (χ2n) is 6.95. The van der Waals surface area contributed by atoms with Crippen molar-refractivity contribution in [3.8, 4) is 5.75 Å². The van der Waals surface area contributed by atoms with Crippen LogP contribution in [0.15, 0.2) is 53.4 Å². The van der Waals surface area contributed by atoms with Crippen LogP contribution in [0, 0.1) is 11.7 Å². The Bertz CT molecular complexity index is 930. The number of hydrogen-bond donors (Lipinski definition) is 1. The highest BCUT2D eigenvalue weighted by atomic mass is 32.2. The largest absolute Gasteiger partial charge is 0.494 e. The molecular weight excluding hydrogens is 395 g/mol. The van der Waals surface area contributed by atoms with Gasteiger partial charge in [0.15, 0.2) is 0 Å². The van der Waals surface area contributed by atoms with Gasteiger partial charge >= 0.3 is 0 Å². The standard InChI is InChI=1S/C21H25FN2O4S/c1-2-28-19-9-5-16(6-10-19)14-23-21(25)17-4-3-13-24(15-17)29(26,27)20-11-7-18(22)8-12-20/h5-12,17H,2-4,13-15H2,1H3,(H,23,25)/t17-/m0/s1. The molecular formula is C21H25FN2O4S. The average Bonchev–Trinajstić information content (AvgIpc) is 2.73. The van der Waals surface area contributed by atoms with Crippen molar-refractivity contribution in [3.05, 3.63) is 59.9 Å². The molecule has 3 rings (SSSR count). The van der Waals surface area contributed by atoms with Crippen LogP contribution in [-0.2, 0) is 21.4 Å². The molecule has 29 heavy (non-hydrogen) atoms. The number of hydrogen-bond acceptors (Lipinski definition) is 4. The number of nitrogens with one attached hydrogen (secondary N) is 1. The first-order valence-corrected chi connectivity index (χ1v) is 11.1. The lowest BCUT2D eigenvalue weighted by atomic mass is 9.99. The number of halogens is 1. The number of benzene rings is 2. The van der Waals surface area contributed by atoms with Crippen LogP contribution in [0.5, 0.6) is 5.75 Å². The Morgan fingerprint density at radius 1 is 1.17 bits per heavy atom. The van der Waals surface area contributed by atoms with Crippen molar-refractivity contribution in [2.75, 3.05) is 19.7 Å². The monoisotopic (exact) mass is 420 g/mol. The summed E-state index contributed by atoms with van der Waals surface area (Å²) in [6.07, 6.45) is 1.23. The highest BCUT2D eigenvalue weighted by Crippen LogP contribution is 2.24. The molecule has 2 aromatic carbocycles. The lowest BCUT2D eigenvalue weighted by Gasteiger charge is -2.31. The number of amides is 1. The van der Waals surface area contributed by atoms with Gasteiger partial charge in [0.2, 0.25) is 15.9 Å². The fourth-order valence-corrected chi connectivity index (χ4v) is 4.86. The number of nitrogens with zero attached hydrogens (tertiary/aromatic N) is 1. The number of ether oxygens (including phenoxy) is 1. The Hall–Kier alpha value is -2.45. The van der Waals surface area contributed by atoms with Gasteiger partial charge in [-0.2, -0.15) is 4.31 Å². The van der Waals surface area contributed by atoms with Crippen molar-refractivity contribution in [3.63, 3.8) is 0 Å². The predicted molar refractivity (Wildman–Crippen MR) is 107 cm³/mol. The Morgan fingerprint density at radius 3 is 2.52 bits per heavy atom. The second kappa shape index (κ2) is 9.37. The van der Waals surface area contributed by atoms with Crippen LogP contribution < -0.4 is 10.1 Å². The molecule has 1 aliphatic heterocycles. The Morgan fingerprint density at radius 2 is 1.86 bits per heavy atom. The zero-order chi connectivity index (χ0) is 20.9. The first-order chi connectivity index (χ1) is 13.9. The molecule has 156 valence electrons. The molecule has 0 aliphatic carbocycles. The first-order valence-electron chi connectivity index (χ1n) is 9.65. The smallest absolute Gasteiger partial charge is 0.243 e. The van der Waals surface area contributed by atoms with Crippen LogP contribution >= 0.6 is 0 Å². The predicted octanol–water partition coefficient (Wildman–Crippen LogP) is 2.94. The molecule has 6 nitrogen and oxygen atoms in total. The summed E-state index contributed by atoms with van der Waals surface area (Å²) in [5, 5.41) is 2.89. The first kappa shape index (κ1) is 21.3. The van der Waals surface area contributed by atoms with E-state index in [9.17, 15) is 17.6 Å². The van der Waals surface area contributed by atoms with E-state index in [0.29, 0.717) is 32.5 Å². The lowest BCUT2D eigenvalue weighted by molar-refractivity contribution is -0.126. The van der Waals surface area contributed by atoms with Crippen molar-refractivity contribution >= 4 is 15.9 Å². The minimum atomic E-state index is -3.75. The summed E-state index contributed by atoms with van der Waals surface area (Å²) < 4.78 is 45.4. The van der Waals surface area contributed by atoms with Gasteiger partial charge in [-0.25, -0.2) is 12.8 Å². The van der Waals surface area contributed by atoms with E-state index in [1.54, 1.807) is 0 Å². The third-order valence-electron chi connectivity index (χ3n) is 4.91. The van der Waals surface area contributed by atoms with Gasteiger partial charge < -0.3 is 10.1 Å². The summed E-state index contributed by atoms with van der Waals surface area (Å²) in [6.45, 7) is 3.34. The maximum Gasteiger partial charge on any atom is 0.243 e. The van der Waals surface area contributed by atoms with E-state index in [1.165, 1.54) is 16.4 Å². The van der Waals surface area contributed by atoms with Gasteiger partial charge in [-0.3, -0.25) is 4.79 Å². The zero-order valence-corrected chi connectivity index (χ0v) is 17.1. The highest BCUT2D eigenvalue weighted by Gasteiger charge is 2.33. The van der Waals surface area contributed by atoms with Crippen LogP contribution in [0.2, 0.25) is 0 Å². The topological polar surface area (TPSA) is 75.7 Å². The normalized spacial score (nSPS) is 17.7. The van der Waals surface area contributed by atoms with Crippen molar-refractivity contribution in [2.24, 2.45) is 5.92 Å². The number of carbonyl (C=O) groups excluding carboxylic acids is 1. The highest BCUT2D eigenvalue weighted by molar-refractivity contribution is 7.89. The molecule has 1 saturated heterocycles. The van der Waals surface area contributed by atoms with Gasteiger partial charge in [-0.1, -0.05) is 12.1 Å². The van der Waals surface area contributed by atoms with Gasteiger partial charge in [0.05, 0.1) is 17.4 Å². The quantitative estimate of drug-likeness (QED) is 0.747. The minimum Gasteiger partial charge on any atom is -0.494 e. The summed E-state index contributed by atoms with van der Waals surface area (Å²) in [6, 6.07) is 12.2. The van der Waals surface area contributed by atoms with E-state index in [-0.39, 0.29) is 17.3 Å². The molecule has 0 aromatic heterocycles. The molecule has 1 atom stereocenters. The van der Waals surface area contributed by atoms with Gasteiger partial charge in [-0.05, 0) is 61.7 Å². The van der Waals surface area contributed by atoms with Gasteiger partial charge in [0, 0.05) is 19.6 Å². The minimum absolute atomic E-state index is 0.0364. The Balaban J connectivity index is 1.59. The van der Waals surface area contributed by atoms with E-state index >= 15 is 0 Å². The molecule has 1 aliphatic rings. The van der Waals surface area contributed by atoms with Crippen molar-refractivity contribution in [1.29, 1.82) is 0 Å². The van der Waals surface area contributed by atoms with E-state index in [4.69, 9.17) is 4.74 Å². The number of carbonyl (C=O) groups is 1. The SMILES string of the molecule is CCOc1ccc(CNC(=O)[C@H]2CCCN(S(=O)(=O)c3ccc(F)cc3)C2)cc1. The summed E-state index contributed by atoms with van der Waals surface area (Å²) >= 11 is 0. The second-order valence-corrected chi connectivity index (χ2v) is 8.89. The van der Waals surface area contributed by atoms with Crippen LogP contribution in [0.4, 0.5) is 4.39 Å². The fraction of sp³-hybridized carbons (Fsp3) is 0.381. The van der Waals surface area contributed by atoms with Gasteiger partial charge in [0.25, 0.3) is 0 Å². The fourth-order valence-electron chi connectivity index (χ4n) is 3.33. The summed E-state index contributed by atoms with van der Waals surface area (Å²) in [5.74, 6) is -0.301. The lowest BCUT2D eigenvalue weighted by Crippen LogP contribution is -2.45. The Labute approximate surface area is 170 Å². The molecule has 8 heteroatoms. The maximum absolute atomic E-state index is 13.1. The average molecular weight is 421 g/mol. The van der Waals surface area contributed by atoms with Gasteiger partial charge in [-0.15, -0.1) is 0 Å². The molecule has 0 bridgehead atoms. The van der Waals surface area contributed by atoms with Crippen molar-refractivity contribution in [2.45, 2.75) is 31.2 Å². The number of piperidine rings is 1. The molecule has 0 unspecified atom stereocenters. The summed E-state index contributed by atoms with van der Waals surface area (Å²) in [5.41, 5.74) is 0.938. The Kier molecular flexibility index (Phi) is 6.87. The number of rotatable bonds is 7. The molecule has 1 fully saturated rings. The van der Waals surface area contributed by atoms with Crippen LogP contribution in [0.3, 0.4) is 0 Å². The molecule has 0 spiro atoms. The number of sulfonamides is 1. The van der Waals surface area contributed by atoms with Crippen LogP contribution in [-0.4, -0.2) is 38.3 Å². The summed E-state index contributed by atoms with van der Waals surface area (Å²) in [4.78, 5) is 12.6. The molecule has 1 N–H and O–H groups in total. The van der Waals surface area contributed by atoms with E-state index in [1.807, 2.05) is 31.2 Å². The molecule has 0 radical (unpaired) electrons. The van der Waals surface area contributed by atoms with Crippen molar-refractivity contribution < 1.29 is 22.3 Å². The molecule has 1 amide bonds. The zero-order valence-electron chi connectivity index (χ0n) is 16.3.